The number of nitrogens with zero attached hydrogens (tertiary/aromatic N) is 6. The first-order valence-electron chi connectivity index (χ1n) is 25.9. The van der Waals surface area contributed by atoms with Gasteiger partial charge in [-0.3, -0.25) is 48.5 Å². The van der Waals surface area contributed by atoms with Crippen LogP contribution in [0, 0.1) is 69.0 Å². The minimum atomic E-state index is -1.43. The number of carboxylic acids is 1. The number of ether oxygens (including phenoxy) is 6. The third-order valence-electron chi connectivity index (χ3n) is 17.1. The molecule has 3 N–H and O–H groups in total. The molecule has 0 aromatic rings. The molecule has 23 heteroatoms. The molecule has 22 nitrogen and oxygen atoms in total. The Bertz CT molecular complexity index is 2530. The van der Waals surface area contributed by atoms with Crippen LogP contribution in [-0.2, 0) is 78.8 Å². The summed E-state index contributed by atoms with van der Waals surface area (Å²) in [7, 11) is 6.48. The van der Waals surface area contributed by atoms with E-state index in [0.717, 1.165) is 0 Å². The number of rotatable bonds is 23. The molecule has 1 saturated heterocycles. The fourth-order valence-corrected chi connectivity index (χ4v) is 12.6. The number of esters is 5. The van der Waals surface area contributed by atoms with Crippen LogP contribution < -0.4 is 5.32 Å². The number of hydrogen-bond donors (Lipinski definition) is 3. The Morgan fingerprint density at radius 3 is 1.77 bits per heavy atom. The van der Waals surface area contributed by atoms with E-state index in [0.29, 0.717) is 45.4 Å². The summed E-state index contributed by atoms with van der Waals surface area (Å²) in [6.07, 6.45) is 1.59. The van der Waals surface area contributed by atoms with Crippen molar-refractivity contribution in [2.24, 2.45) is 60.3 Å². The van der Waals surface area contributed by atoms with Crippen LogP contribution in [-0.4, -0.2) is 143 Å². The Morgan fingerprint density at radius 1 is 0.684 bits per heavy atom. The van der Waals surface area contributed by atoms with Crippen LogP contribution in [0.15, 0.2) is 49.3 Å². The summed E-state index contributed by atoms with van der Waals surface area (Å²) in [4.78, 5) is 111. The van der Waals surface area contributed by atoms with Crippen molar-refractivity contribution in [3.05, 3.63) is 52.8 Å². The van der Waals surface area contributed by atoms with Gasteiger partial charge in [-0.25, -0.2) is 0 Å². The Morgan fingerprint density at radius 2 is 1.23 bits per heavy atom. The molecule has 0 spiro atoms. The van der Waals surface area contributed by atoms with Crippen molar-refractivity contribution in [3.8, 4) is 0 Å². The summed E-state index contributed by atoms with van der Waals surface area (Å²) in [5.41, 5.74) is -1.75. The summed E-state index contributed by atoms with van der Waals surface area (Å²) in [6, 6.07) is -0.934. The third-order valence-corrected chi connectivity index (χ3v) is 17.1. The maximum absolute atomic E-state index is 14.0. The number of aliphatic hydroxyl groups is 1. The fourth-order valence-electron chi connectivity index (χ4n) is 12.6. The molecule has 79 heavy (non-hydrogen) atoms. The number of nitrogens with one attached hydrogen (secondary N) is 1. The molecule has 436 valence electrons. The van der Waals surface area contributed by atoms with Gasteiger partial charge in [-0.2, -0.15) is 5.70 Å². The summed E-state index contributed by atoms with van der Waals surface area (Å²) in [6.45, 7) is 25.1. The number of allylic oxidation sites excluding steroid dienone is 6. The largest absolute Gasteiger partial charge is 3.00 e. The van der Waals surface area contributed by atoms with Gasteiger partial charge in [0.05, 0.1) is 79.4 Å². The number of amides is 1. The zero-order chi connectivity index (χ0) is 59.1. The van der Waals surface area contributed by atoms with E-state index in [-0.39, 0.29) is 113 Å². The van der Waals surface area contributed by atoms with Gasteiger partial charge >= 0.3 is 52.6 Å². The Balaban J connectivity index is 0.00000417. The molecule has 5 aliphatic heterocycles. The molecular formula is C56H78CoN7O15. The number of carbonyl (C=O) groups excluding carboxylic acids is 6. The van der Waals surface area contributed by atoms with Crippen molar-refractivity contribution in [2.75, 3.05) is 61.9 Å². The molecule has 0 aliphatic carbocycles. The summed E-state index contributed by atoms with van der Waals surface area (Å²) in [5, 5.41) is 41.0. The van der Waals surface area contributed by atoms with E-state index in [9.17, 15) is 38.7 Å². The van der Waals surface area contributed by atoms with Crippen LogP contribution in [0.1, 0.15) is 126 Å². The van der Waals surface area contributed by atoms with Gasteiger partial charge in [-0.1, -0.05) is 40.7 Å². The predicted molar refractivity (Wildman–Crippen MR) is 283 cm³/mol. The van der Waals surface area contributed by atoms with Crippen molar-refractivity contribution in [3.63, 3.8) is 0 Å². The van der Waals surface area contributed by atoms with Crippen LogP contribution in [0.3, 0.4) is 0 Å². The van der Waals surface area contributed by atoms with Crippen LogP contribution in [0.5, 0.6) is 0 Å². The maximum Gasteiger partial charge on any atom is 3.00 e. The molecule has 5 heterocycles. The second-order valence-electron chi connectivity index (χ2n) is 21.6. The molecule has 8 bridgehead atoms. The standard InChI is InChI=1S/C54H79N5O15.2CN.Co/c1-30-45-33(15-18-40(64)69-9)50(3,4)37(57-45)27-36-32(14-17-38(61)55-22-24-74-25-23-60)52(6,28-39(62)63)48(56-36)31(2)46-34(16-19-41(65)70-10)53(7,29-44(68)73-13)54(8,59-46)49-35(26-43(67)72-12)51(5,47(30)58-49)21-20-42(66)71-11;2*1-2;/h27,32-35,49,60H,14-26,28-29H2,1-13H3,(H3,55,56,57,58,59,61,62,63);;;/q;2*-1;+3/p-1/t32-,33-,34-,35+,49?,51-,52+,53+,54+;;;/m1.../s1. The smallest absolute Gasteiger partial charge is 0.682 e. The van der Waals surface area contributed by atoms with Gasteiger partial charge in [0.25, 0.3) is 0 Å². The van der Waals surface area contributed by atoms with Gasteiger partial charge in [0.2, 0.25) is 5.91 Å². The molecule has 1 fully saturated rings. The average molecular weight is 1150 g/mol. The van der Waals surface area contributed by atoms with Crippen LogP contribution >= 0.6 is 0 Å². The Hall–Kier alpha value is -6.27. The maximum atomic E-state index is 14.0. The molecule has 0 saturated carbocycles. The summed E-state index contributed by atoms with van der Waals surface area (Å²) < 4.78 is 31.6. The van der Waals surface area contributed by atoms with Crippen LogP contribution in [0.25, 0.3) is 5.32 Å². The molecular weight excluding hydrogens is 1070 g/mol. The first-order valence-corrected chi connectivity index (χ1v) is 25.9. The summed E-state index contributed by atoms with van der Waals surface area (Å²) in [5.74, 6) is -6.62. The van der Waals surface area contributed by atoms with Gasteiger partial charge in [-0.15, -0.1) is 0 Å². The first kappa shape index (κ1) is 68.8. The fraction of sp³-hybridized carbons (Fsp3) is 0.679. The monoisotopic (exact) mass is 1150 g/mol. The van der Waals surface area contributed by atoms with Crippen LogP contribution in [0.4, 0.5) is 0 Å². The van der Waals surface area contributed by atoms with E-state index < -0.39 is 99.1 Å². The molecule has 0 aromatic carbocycles. The second kappa shape index (κ2) is 29.3. The Labute approximate surface area is 474 Å². The van der Waals surface area contributed by atoms with Crippen LogP contribution in [0.2, 0.25) is 0 Å². The molecule has 0 radical (unpaired) electrons. The van der Waals surface area contributed by atoms with Crippen molar-refractivity contribution in [2.45, 2.75) is 138 Å². The van der Waals surface area contributed by atoms with E-state index >= 15 is 0 Å². The second-order valence-corrected chi connectivity index (χ2v) is 21.6. The van der Waals surface area contributed by atoms with Gasteiger partial charge in [0.15, 0.2) is 0 Å². The van der Waals surface area contributed by atoms with E-state index in [1.165, 1.54) is 35.5 Å². The van der Waals surface area contributed by atoms with E-state index in [2.05, 4.69) is 5.32 Å². The van der Waals surface area contributed by atoms with Gasteiger partial charge < -0.3 is 72.9 Å². The zero-order valence-corrected chi connectivity index (χ0v) is 48.8. The van der Waals surface area contributed by atoms with Gasteiger partial charge in [0.1, 0.15) is 0 Å². The molecule has 1 unspecified atom stereocenters. The number of aliphatic carboxylic acids is 1. The first-order chi connectivity index (χ1) is 36.8. The number of methoxy groups -OCH3 is 5. The van der Waals surface area contributed by atoms with E-state index in [1.54, 1.807) is 0 Å². The van der Waals surface area contributed by atoms with Crippen molar-refractivity contribution >= 4 is 58.9 Å². The summed E-state index contributed by atoms with van der Waals surface area (Å²) >= 11 is 0. The van der Waals surface area contributed by atoms with E-state index in [4.69, 9.17) is 77.5 Å². The topological polar surface area (TPSA) is 326 Å². The number of fused-ring (bicyclic) bond motifs is 6. The van der Waals surface area contributed by atoms with Gasteiger partial charge in [-0.05, 0) is 75.0 Å². The molecule has 1 amide bonds. The molecule has 5 aliphatic rings. The van der Waals surface area contributed by atoms with Gasteiger partial charge in [0, 0.05) is 95.5 Å². The predicted octanol–water partition coefficient (Wildman–Crippen LogP) is 6.38. The Kier molecular flexibility index (Phi) is 25.5. The number of hydrogen-bond acceptors (Lipinski definition) is 19. The third kappa shape index (κ3) is 14.4. The minimum absolute atomic E-state index is 0. The number of aliphatic imine (C=N–C) groups is 3. The van der Waals surface area contributed by atoms with E-state index in [1.807, 2.05) is 61.5 Å². The molecule has 9 atom stereocenters. The minimum Gasteiger partial charge on any atom is -0.682 e. The quantitative estimate of drug-likeness (QED) is 0.0432. The molecule has 5 rings (SSSR count). The normalized spacial score (nSPS) is 30.3. The number of carboxylic acid groups (broad SMARTS) is 1. The van der Waals surface area contributed by atoms with Crippen molar-refractivity contribution in [1.29, 1.82) is 10.5 Å². The SMILES string of the molecule is COC(=O)CC[C@@H]1C2=NC(=C\C3=NC(=C(/C)C4=N[C@@](C)(C5[N-]/C(=C\2C)[C@](C)(CCC(=O)OC)[C@H]5CC(=O)OC)[C@@](C)(CC(=O)OC)[C@@H]4CCC(=O)OC)/[C@@](C)(CC(=O)O)[C@@H]3CCC(=O)NCCOCCO)/C1(C)C.[C-]#N.[C-]#N.[Co+3]. The number of aliphatic hydroxyl groups excluding tert-OH is 1. The van der Waals surface area contributed by atoms with Crippen molar-refractivity contribution in [1.82, 2.24) is 5.32 Å². The molecule has 0 aromatic heterocycles. The van der Waals surface area contributed by atoms with Crippen molar-refractivity contribution < 1.29 is 89.0 Å². The average Bonchev–Trinajstić information content (AvgIpc) is 4.22. The zero-order valence-electron chi connectivity index (χ0n) is 47.8. The number of carbonyl (C=O) groups is 7.